The highest BCUT2D eigenvalue weighted by atomic mass is 16.3. The highest BCUT2D eigenvalue weighted by Crippen LogP contribution is 2.33. The number of aryl methyl sites for hydroxylation is 1. The zero-order valence-electron chi connectivity index (χ0n) is 10.2. The Bertz CT molecular complexity index is 506. The van der Waals surface area contributed by atoms with Gasteiger partial charge in [-0.05, 0) is 38.0 Å². The lowest BCUT2D eigenvalue weighted by molar-refractivity contribution is -0.114. The Morgan fingerprint density at radius 1 is 1.29 bits per heavy atom. The Labute approximate surface area is 99.9 Å². The van der Waals surface area contributed by atoms with Crippen molar-refractivity contribution in [1.82, 2.24) is 0 Å². The third-order valence-electron chi connectivity index (χ3n) is 3.10. The first-order valence-corrected chi connectivity index (χ1v) is 5.58. The van der Waals surface area contributed by atoms with E-state index in [0.717, 1.165) is 11.1 Å². The Morgan fingerprint density at radius 2 is 1.94 bits per heavy atom. The molecule has 1 aromatic rings. The molecule has 4 nitrogen and oxygen atoms in total. The summed E-state index contributed by atoms with van der Waals surface area (Å²) in [5.41, 5.74) is 3.05. The minimum Gasteiger partial charge on any atom is -0.392 e. The minimum atomic E-state index is -0.655. The second-order valence-corrected chi connectivity index (χ2v) is 4.50. The van der Waals surface area contributed by atoms with Crippen molar-refractivity contribution < 1.29 is 14.7 Å². The van der Waals surface area contributed by atoms with E-state index < -0.39 is 17.8 Å². The number of carbonyl (C=O) groups excluding carboxylic acids is 2. The van der Waals surface area contributed by atoms with E-state index >= 15 is 0 Å². The number of aliphatic hydroxyl groups is 1. The average molecular weight is 233 g/mol. The lowest BCUT2D eigenvalue weighted by Crippen LogP contribution is -2.35. The van der Waals surface area contributed by atoms with E-state index in [1.165, 1.54) is 4.90 Å². The van der Waals surface area contributed by atoms with Gasteiger partial charge in [-0.1, -0.05) is 6.07 Å². The molecular weight excluding hydrogens is 218 g/mol. The molecule has 1 aliphatic heterocycles. The van der Waals surface area contributed by atoms with Crippen LogP contribution in [0.2, 0.25) is 0 Å². The van der Waals surface area contributed by atoms with Crippen molar-refractivity contribution in [2.75, 3.05) is 11.4 Å². The molecule has 0 aliphatic carbocycles. The second-order valence-electron chi connectivity index (χ2n) is 4.50. The van der Waals surface area contributed by atoms with Gasteiger partial charge in [0.2, 0.25) is 0 Å². The zero-order chi connectivity index (χ0) is 12.7. The van der Waals surface area contributed by atoms with E-state index in [1.54, 1.807) is 13.0 Å². The van der Waals surface area contributed by atoms with E-state index in [4.69, 9.17) is 0 Å². The number of nitrogens with zero attached hydrogens (tertiary/aromatic N) is 1. The highest BCUT2D eigenvalue weighted by Gasteiger charge is 2.37. The van der Waals surface area contributed by atoms with Crippen molar-refractivity contribution in [2.24, 2.45) is 0 Å². The summed E-state index contributed by atoms with van der Waals surface area (Å²) in [6.45, 7) is 5.57. The first-order valence-electron chi connectivity index (χ1n) is 5.58. The molecule has 1 N–H and O–H groups in total. The number of ketones is 1. The largest absolute Gasteiger partial charge is 0.392 e. The molecule has 4 heteroatoms. The monoisotopic (exact) mass is 233 g/mol. The van der Waals surface area contributed by atoms with Gasteiger partial charge in [-0.15, -0.1) is 0 Å². The number of anilines is 1. The number of rotatable bonds is 2. The lowest BCUT2D eigenvalue weighted by Gasteiger charge is -2.20. The summed E-state index contributed by atoms with van der Waals surface area (Å²) in [6.07, 6.45) is -0.655. The van der Waals surface area contributed by atoms with Crippen LogP contribution in [-0.2, 0) is 4.79 Å². The molecule has 0 saturated carbocycles. The molecule has 17 heavy (non-hydrogen) atoms. The minimum absolute atomic E-state index is 0.155. The number of aliphatic hydroxyl groups excluding tert-OH is 1. The third-order valence-corrected chi connectivity index (χ3v) is 3.10. The summed E-state index contributed by atoms with van der Waals surface area (Å²) in [6, 6.07) is 3.52. The van der Waals surface area contributed by atoms with Crippen LogP contribution in [-0.4, -0.2) is 29.4 Å². The fraction of sp³-hybridized carbons (Fsp3) is 0.385. The number of fused-ring (bicyclic) bond motifs is 1. The van der Waals surface area contributed by atoms with Crippen molar-refractivity contribution in [1.29, 1.82) is 0 Å². The van der Waals surface area contributed by atoms with Crippen LogP contribution in [0.5, 0.6) is 0 Å². The van der Waals surface area contributed by atoms with Gasteiger partial charge < -0.3 is 10.0 Å². The van der Waals surface area contributed by atoms with Crippen LogP contribution in [0.25, 0.3) is 0 Å². The summed E-state index contributed by atoms with van der Waals surface area (Å²) in [5.74, 6) is -1.03. The zero-order valence-corrected chi connectivity index (χ0v) is 10.2. The number of benzene rings is 1. The smallest absolute Gasteiger partial charge is 0.299 e. The predicted molar refractivity (Wildman–Crippen MR) is 64.3 cm³/mol. The normalized spacial score (nSPS) is 16.4. The summed E-state index contributed by atoms with van der Waals surface area (Å²) < 4.78 is 0. The molecule has 1 amide bonds. The maximum Gasteiger partial charge on any atom is 0.299 e. The van der Waals surface area contributed by atoms with Crippen LogP contribution in [0.4, 0.5) is 5.69 Å². The predicted octanol–water partition coefficient (Wildman–Crippen LogP) is 1.21. The van der Waals surface area contributed by atoms with E-state index in [-0.39, 0.29) is 6.54 Å². The maximum absolute atomic E-state index is 11.8. The van der Waals surface area contributed by atoms with Gasteiger partial charge in [0.1, 0.15) is 0 Å². The molecule has 0 saturated heterocycles. The van der Waals surface area contributed by atoms with E-state index in [0.29, 0.717) is 11.3 Å². The van der Waals surface area contributed by atoms with Gasteiger partial charge >= 0.3 is 0 Å². The summed E-state index contributed by atoms with van der Waals surface area (Å²) in [4.78, 5) is 25.0. The molecule has 2 rings (SSSR count). The van der Waals surface area contributed by atoms with Crippen molar-refractivity contribution in [3.05, 3.63) is 28.8 Å². The lowest BCUT2D eigenvalue weighted by atomic mass is 10.0. The first kappa shape index (κ1) is 11.8. The number of hydrogen-bond acceptors (Lipinski definition) is 3. The van der Waals surface area contributed by atoms with Crippen molar-refractivity contribution in [3.8, 4) is 0 Å². The number of Topliss-reactive ketones (excluding diaryl/α,β-unsaturated/α-hetero) is 1. The number of β-amino-alcohol motifs (C(OH)–C–C–N with tert-alkyl or cyclic N) is 1. The maximum atomic E-state index is 11.8. The van der Waals surface area contributed by atoms with Crippen molar-refractivity contribution in [3.63, 3.8) is 0 Å². The number of hydrogen-bond donors (Lipinski definition) is 1. The molecule has 0 fully saturated rings. The SMILES string of the molecule is Cc1ccc2c(c1C)N(CC(C)O)C(=O)C2=O. The van der Waals surface area contributed by atoms with Gasteiger partial charge in [0, 0.05) is 0 Å². The molecule has 1 atom stereocenters. The molecule has 0 aromatic heterocycles. The van der Waals surface area contributed by atoms with Crippen LogP contribution in [0.15, 0.2) is 12.1 Å². The first-order chi connectivity index (χ1) is 7.93. The molecule has 0 radical (unpaired) electrons. The summed E-state index contributed by atoms with van der Waals surface area (Å²) in [5, 5.41) is 9.40. The average Bonchev–Trinajstić information content (AvgIpc) is 2.49. The molecule has 1 aromatic carbocycles. The van der Waals surface area contributed by atoms with Gasteiger partial charge in [0.25, 0.3) is 11.7 Å². The van der Waals surface area contributed by atoms with Crippen LogP contribution in [0, 0.1) is 13.8 Å². The summed E-state index contributed by atoms with van der Waals surface area (Å²) >= 11 is 0. The molecule has 0 spiro atoms. The van der Waals surface area contributed by atoms with Crippen LogP contribution in [0.3, 0.4) is 0 Å². The fourth-order valence-corrected chi connectivity index (χ4v) is 2.11. The van der Waals surface area contributed by atoms with E-state index in [1.807, 2.05) is 19.9 Å². The number of carbonyl (C=O) groups is 2. The van der Waals surface area contributed by atoms with Gasteiger partial charge in [-0.3, -0.25) is 9.59 Å². The van der Waals surface area contributed by atoms with Gasteiger partial charge in [0.05, 0.1) is 23.9 Å². The molecule has 90 valence electrons. The number of amides is 1. The third kappa shape index (κ3) is 1.74. The van der Waals surface area contributed by atoms with Gasteiger partial charge in [0.15, 0.2) is 0 Å². The van der Waals surface area contributed by atoms with Crippen LogP contribution < -0.4 is 4.90 Å². The topological polar surface area (TPSA) is 57.6 Å². The second kappa shape index (κ2) is 3.96. The van der Waals surface area contributed by atoms with Crippen LogP contribution >= 0.6 is 0 Å². The Morgan fingerprint density at radius 3 is 2.53 bits per heavy atom. The highest BCUT2D eigenvalue weighted by molar-refractivity contribution is 6.52. The molecule has 1 heterocycles. The quantitative estimate of drug-likeness (QED) is 0.781. The Balaban J connectivity index is 2.57. The van der Waals surface area contributed by atoms with Gasteiger partial charge in [-0.25, -0.2) is 0 Å². The molecule has 0 bridgehead atoms. The Hall–Kier alpha value is -1.68. The molecule has 1 unspecified atom stereocenters. The van der Waals surface area contributed by atoms with Crippen molar-refractivity contribution in [2.45, 2.75) is 26.9 Å². The van der Waals surface area contributed by atoms with E-state index in [9.17, 15) is 14.7 Å². The molecule has 1 aliphatic rings. The van der Waals surface area contributed by atoms with Crippen molar-refractivity contribution >= 4 is 17.4 Å². The standard InChI is InChI=1S/C13H15NO3/c1-7-4-5-10-11(9(7)3)14(6-8(2)15)13(17)12(10)16/h4-5,8,15H,6H2,1-3H3. The molecular formula is C13H15NO3. The van der Waals surface area contributed by atoms with Crippen LogP contribution in [0.1, 0.15) is 28.4 Å². The Kier molecular flexibility index (Phi) is 2.75. The fourth-order valence-electron chi connectivity index (χ4n) is 2.11. The van der Waals surface area contributed by atoms with Gasteiger partial charge in [-0.2, -0.15) is 0 Å². The van der Waals surface area contributed by atoms with E-state index in [2.05, 4.69) is 0 Å². The summed E-state index contributed by atoms with van der Waals surface area (Å²) in [7, 11) is 0.